The second-order valence-corrected chi connectivity index (χ2v) is 5.91. The Hall–Kier alpha value is -2.73. The van der Waals surface area contributed by atoms with E-state index in [1.807, 2.05) is 48.5 Å². The molecule has 6 heteroatoms. The molecule has 1 unspecified atom stereocenters. The van der Waals surface area contributed by atoms with Gasteiger partial charge in [0.15, 0.2) is 11.5 Å². The highest BCUT2D eigenvalue weighted by Gasteiger charge is 2.22. The quantitative estimate of drug-likeness (QED) is 0.733. The Labute approximate surface area is 153 Å². The molecule has 0 radical (unpaired) electrons. The highest BCUT2D eigenvalue weighted by molar-refractivity contribution is 5.68. The van der Waals surface area contributed by atoms with Gasteiger partial charge in [0.1, 0.15) is 12.7 Å². The number of methoxy groups -OCH3 is 1. The van der Waals surface area contributed by atoms with E-state index in [1.54, 1.807) is 7.11 Å². The number of alkyl carbamates (subject to hydrolysis) is 1. The second-order valence-electron chi connectivity index (χ2n) is 5.91. The van der Waals surface area contributed by atoms with Crippen molar-refractivity contribution in [3.05, 3.63) is 59.7 Å². The van der Waals surface area contributed by atoms with Crippen molar-refractivity contribution in [2.75, 3.05) is 26.9 Å². The van der Waals surface area contributed by atoms with Crippen LogP contribution in [-0.2, 0) is 16.1 Å². The zero-order valence-corrected chi connectivity index (χ0v) is 14.8. The van der Waals surface area contributed by atoms with Crippen molar-refractivity contribution < 1.29 is 23.7 Å². The van der Waals surface area contributed by atoms with Crippen LogP contribution in [0.5, 0.6) is 11.5 Å². The molecule has 1 fully saturated rings. The number of nitrogens with one attached hydrogen (secondary N) is 1. The minimum absolute atomic E-state index is 0.272. The van der Waals surface area contributed by atoms with Crippen molar-refractivity contribution in [2.24, 2.45) is 0 Å². The van der Waals surface area contributed by atoms with Gasteiger partial charge < -0.3 is 24.3 Å². The summed E-state index contributed by atoms with van der Waals surface area (Å²) < 4.78 is 22.1. The summed E-state index contributed by atoms with van der Waals surface area (Å²) in [5.74, 6) is 1.25. The monoisotopic (exact) mass is 357 g/mol. The first-order valence-electron chi connectivity index (χ1n) is 8.63. The number of carbonyl (C=O) groups is 1. The van der Waals surface area contributed by atoms with Gasteiger partial charge in [0, 0.05) is 13.0 Å². The standard InChI is InChI=1S/C20H23NO5/c1-23-18-8-7-16(17-9-10-21-20(22)26-17)13-19(18)25-12-11-24-14-15-5-3-2-4-6-15/h2-8,13,17H,9-12,14H2,1H3,(H,21,22). The van der Waals surface area contributed by atoms with E-state index in [9.17, 15) is 4.79 Å². The minimum Gasteiger partial charge on any atom is -0.493 e. The lowest BCUT2D eigenvalue weighted by molar-refractivity contribution is 0.0732. The van der Waals surface area contributed by atoms with Crippen LogP contribution < -0.4 is 14.8 Å². The van der Waals surface area contributed by atoms with E-state index in [2.05, 4.69) is 5.32 Å². The summed E-state index contributed by atoms with van der Waals surface area (Å²) in [4.78, 5) is 11.4. The summed E-state index contributed by atoms with van der Waals surface area (Å²) in [5, 5.41) is 2.65. The molecule has 1 N–H and O–H groups in total. The Bertz CT molecular complexity index is 719. The van der Waals surface area contributed by atoms with Crippen LogP contribution in [0.1, 0.15) is 23.7 Å². The summed E-state index contributed by atoms with van der Waals surface area (Å²) >= 11 is 0. The van der Waals surface area contributed by atoms with Gasteiger partial charge in [0.05, 0.1) is 20.3 Å². The van der Waals surface area contributed by atoms with E-state index in [0.29, 0.717) is 37.9 Å². The van der Waals surface area contributed by atoms with Crippen LogP contribution in [0.4, 0.5) is 4.79 Å². The Balaban J connectivity index is 1.54. The van der Waals surface area contributed by atoms with Gasteiger partial charge in [-0.25, -0.2) is 4.79 Å². The number of carbonyl (C=O) groups excluding carboxylic acids is 1. The third kappa shape index (κ3) is 4.89. The van der Waals surface area contributed by atoms with E-state index < -0.39 is 6.09 Å². The SMILES string of the molecule is COc1ccc(C2CCNC(=O)O2)cc1OCCOCc1ccccc1. The smallest absolute Gasteiger partial charge is 0.407 e. The van der Waals surface area contributed by atoms with Crippen molar-refractivity contribution >= 4 is 6.09 Å². The number of benzene rings is 2. The van der Waals surface area contributed by atoms with Crippen molar-refractivity contribution in [3.8, 4) is 11.5 Å². The second kappa shape index (κ2) is 9.10. The lowest BCUT2D eigenvalue weighted by atomic mass is 10.0. The fraction of sp³-hybridized carbons (Fsp3) is 0.350. The van der Waals surface area contributed by atoms with E-state index in [1.165, 1.54) is 0 Å². The molecular formula is C20H23NO5. The van der Waals surface area contributed by atoms with Crippen LogP contribution in [0.15, 0.2) is 48.5 Å². The molecule has 0 bridgehead atoms. The number of hydrogen-bond donors (Lipinski definition) is 1. The van der Waals surface area contributed by atoms with Gasteiger partial charge >= 0.3 is 6.09 Å². The number of hydrogen-bond acceptors (Lipinski definition) is 5. The van der Waals surface area contributed by atoms with E-state index in [0.717, 1.165) is 17.5 Å². The summed E-state index contributed by atoms with van der Waals surface area (Å²) in [6.45, 7) is 2.01. The number of amides is 1. The van der Waals surface area contributed by atoms with Gasteiger partial charge in [0.2, 0.25) is 0 Å². The highest BCUT2D eigenvalue weighted by Crippen LogP contribution is 2.33. The maximum absolute atomic E-state index is 11.4. The van der Waals surface area contributed by atoms with Gasteiger partial charge in [-0.1, -0.05) is 36.4 Å². The predicted molar refractivity (Wildman–Crippen MR) is 96.4 cm³/mol. The summed E-state index contributed by atoms with van der Waals surface area (Å²) in [7, 11) is 1.60. The maximum atomic E-state index is 11.4. The molecule has 0 aromatic heterocycles. The minimum atomic E-state index is -0.395. The first kappa shape index (κ1) is 18.1. The van der Waals surface area contributed by atoms with E-state index in [-0.39, 0.29) is 6.10 Å². The zero-order valence-electron chi connectivity index (χ0n) is 14.8. The van der Waals surface area contributed by atoms with Crippen LogP contribution >= 0.6 is 0 Å². The number of cyclic esters (lactones) is 1. The molecule has 2 aromatic carbocycles. The molecule has 26 heavy (non-hydrogen) atoms. The largest absolute Gasteiger partial charge is 0.493 e. The molecule has 1 amide bonds. The Morgan fingerprint density at radius 3 is 2.73 bits per heavy atom. The lowest BCUT2D eigenvalue weighted by Crippen LogP contribution is -2.33. The Morgan fingerprint density at radius 1 is 1.12 bits per heavy atom. The summed E-state index contributed by atoms with van der Waals surface area (Å²) in [5.41, 5.74) is 2.01. The molecule has 3 rings (SSSR count). The molecule has 1 aliphatic heterocycles. The van der Waals surface area contributed by atoms with Gasteiger partial charge in [-0.3, -0.25) is 0 Å². The summed E-state index contributed by atoms with van der Waals surface area (Å²) in [6.07, 6.45) is 0.0534. The third-order valence-corrected chi connectivity index (χ3v) is 4.08. The molecule has 2 aromatic rings. The molecule has 0 spiro atoms. The molecular weight excluding hydrogens is 334 g/mol. The zero-order chi connectivity index (χ0) is 18.2. The third-order valence-electron chi connectivity index (χ3n) is 4.08. The number of ether oxygens (including phenoxy) is 4. The Morgan fingerprint density at radius 2 is 1.96 bits per heavy atom. The average Bonchev–Trinajstić information content (AvgIpc) is 2.68. The van der Waals surface area contributed by atoms with E-state index >= 15 is 0 Å². The molecule has 138 valence electrons. The van der Waals surface area contributed by atoms with Crippen molar-refractivity contribution in [1.82, 2.24) is 5.32 Å². The Kier molecular flexibility index (Phi) is 6.33. The van der Waals surface area contributed by atoms with Crippen molar-refractivity contribution in [2.45, 2.75) is 19.1 Å². The van der Waals surface area contributed by atoms with E-state index in [4.69, 9.17) is 18.9 Å². The predicted octanol–water partition coefficient (Wildman–Crippen LogP) is 3.46. The molecule has 1 heterocycles. The van der Waals surface area contributed by atoms with Gasteiger partial charge in [-0.05, 0) is 23.3 Å². The first-order valence-corrected chi connectivity index (χ1v) is 8.63. The maximum Gasteiger partial charge on any atom is 0.407 e. The van der Waals surface area contributed by atoms with Crippen LogP contribution in [-0.4, -0.2) is 33.0 Å². The average molecular weight is 357 g/mol. The van der Waals surface area contributed by atoms with Crippen LogP contribution in [0, 0.1) is 0 Å². The highest BCUT2D eigenvalue weighted by atomic mass is 16.6. The van der Waals surface area contributed by atoms with Crippen molar-refractivity contribution in [1.29, 1.82) is 0 Å². The molecule has 6 nitrogen and oxygen atoms in total. The molecule has 1 aliphatic rings. The van der Waals surface area contributed by atoms with Crippen LogP contribution in [0.3, 0.4) is 0 Å². The molecule has 0 aliphatic carbocycles. The van der Waals surface area contributed by atoms with Crippen molar-refractivity contribution in [3.63, 3.8) is 0 Å². The lowest BCUT2D eigenvalue weighted by Gasteiger charge is -2.24. The fourth-order valence-corrected chi connectivity index (χ4v) is 2.75. The van der Waals surface area contributed by atoms with Gasteiger partial charge in [0.25, 0.3) is 0 Å². The van der Waals surface area contributed by atoms with Crippen LogP contribution in [0.2, 0.25) is 0 Å². The normalized spacial score (nSPS) is 16.5. The van der Waals surface area contributed by atoms with Gasteiger partial charge in [-0.2, -0.15) is 0 Å². The molecule has 0 saturated carbocycles. The topological polar surface area (TPSA) is 66.0 Å². The van der Waals surface area contributed by atoms with Crippen LogP contribution in [0.25, 0.3) is 0 Å². The number of rotatable bonds is 8. The van der Waals surface area contributed by atoms with Gasteiger partial charge in [-0.15, -0.1) is 0 Å². The molecule has 1 atom stereocenters. The molecule has 1 saturated heterocycles. The fourth-order valence-electron chi connectivity index (χ4n) is 2.75. The first-order chi connectivity index (χ1) is 12.8. The summed E-state index contributed by atoms with van der Waals surface area (Å²) in [6, 6.07) is 15.6.